The van der Waals surface area contributed by atoms with Crippen molar-refractivity contribution in [1.82, 2.24) is 9.97 Å². The quantitative estimate of drug-likeness (QED) is 0.780. The SMILES string of the molecule is CC1(C)CN(c2cc(C3CC3)nc(NCCCO)n2)Cc2ccccc21. The van der Waals surface area contributed by atoms with Gasteiger partial charge in [0.1, 0.15) is 5.82 Å². The normalized spacial score (nSPS) is 18.5. The summed E-state index contributed by atoms with van der Waals surface area (Å²) in [5.74, 6) is 2.28. The highest BCUT2D eigenvalue weighted by Crippen LogP contribution is 2.41. The van der Waals surface area contributed by atoms with Crippen molar-refractivity contribution in [3.63, 3.8) is 0 Å². The first-order chi connectivity index (χ1) is 12.6. The van der Waals surface area contributed by atoms with Crippen LogP contribution in [0.1, 0.15) is 55.8 Å². The number of anilines is 2. The van der Waals surface area contributed by atoms with E-state index in [0.717, 1.165) is 24.6 Å². The van der Waals surface area contributed by atoms with Gasteiger partial charge in [-0.1, -0.05) is 38.1 Å². The molecule has 1 saturated carbocycles. The number of benzene rings is 1. The smallest absolute Gasteiger partial charge is 0.224 e. The maximum absolute atomic E-state index is 9.02. The van der Waals surface area contributed by atoms with Crippen LogP contribution in [0, 0.1) is 0 Å². The second-order valence-corrected chi connectivity index (χ2v) is 8.15. The predicted octanol–water partition coefficient (Wildman–Crippen LogP) is 3.45. The van der Waals surface area contributed by atoms with Gasteiger partial charge in [0.15, 0.2) is 0 Å². The molecule has 1 aliphatic carbocycles. The molecule has 26 heavy (non-hydrogen) atoms. The average Bonchev–Trinajstić information content (AvgIpc) is 3.46. The molecule has 0 atom stereocenters. The standard InChI is InChI=1S/C21H28N4O/c1-21(2)14-25(13-16-6-3-4-7-17(16)21)19-12-18(15-8-9-15)23-20(24-19)22-10-5-11-26/h3-4,6-7,12,15,26H,5,8-11,13-14H2,1-2H3,(H,22,23,24). The number of aliphatic hydroxyl groups is 1. The molecular formula is C21H28N4O. The van der Waals surface area contributed by atoms with Gasteiger partial charge in [-0.2, -0.15) is 4.98 Å². The Morgan fingerprint density at radius 2 is 2.04 bits per heavy atom. The topological polar surface area (TPSA) is 61.3 Å². The van der Waals surface area contributed by atoms with Gasteiger partial charge in [0.2, 0.25) is 5.95 Å². The maximum atomic E-state index is 9.02. The third-order valence-electron chi connectivity index (χ3n) is 5.36. The van der Waals surface area contributed by atoms with Crippen LogP contribution in [0.2, 0.25) is 0 Å². The minimum Gasteiger partial charge on any atom is -0.396 e. The van der Waals surface area contributed by atoms with Gasteiger partial charge >= 0.3 is 0 Å². The first-order valence-electron chi connectivity index (χ1n) is 9.64. The Morgan fingerprint density at radius 3 is 2.81 bits per heavy atom. The van der Waals surface area contributed by atoms with Crippen molar-refractivity contribution in [3.05, 3.63) is 47.2 Å². The summed E-state index contributed by atoms with van der Waals surface area (Å²) in [5.41, 5.74) is 4.06. The number of fused-ring (bicyclic) bond motifs is 1. The van der Waals surface area contributed by atoms with Crippen molar-refractivity contribution >= 4 is 11.8 Å². The summed E-state index contributed by atoms with van der Waals surface area (Å²) in [5, 5.41) is 12.3. The van der Waals surface area contributed by atoms with Gasteiger partial charge in [-0.25, -0.2) is 4.98 Å². The van der Waals surface area contributed by atoms with Crippen LogP contribution < -0.4 is 10.2 Å². The molecule has 0 saturated heterocycles. The van der Waals surface area contributed by atoms with E-state index in [-0.39, 0.29) is 12.0 Å². The predicted molar refractivity (Wildman–Crippen MR) is 105 cm³/mol. The largest absolute Gasteiger partial charge is 0.396 e. The van der Waals surface area contributed by atoms with Crippen LogP contribution in [-0.4, -0.2) is 34.8 Å². The third kappa shape index (κ3) is 3.54. The molecule has 0 amide bonds. The molecule has 0 spiro atoms. The lowest BCUT2D eigenvalue weighted by Crippen LogP contribution is -2.42. The van der Waals surface area contributed by atoms with E-state index in [1.807, 2.05) is 0 Å². The van der Waals surface area contributed by atoms with Gasteiger partial charge in [0.25, 0.3) is 0 Å². The maximum Gasteiger partial charge on any atom is 0.224 e. The zero-order valence-corrected chi connectivity index (χ0v) is 15.7. The lowest BCUT2D eigenvalue weighted by atomic mass is 9.78. The Morgan fingerprint density at radius 1 is 1.23 bits per heavy atom. The van der Waals surface area contributed by atoms with E-state index in [4.69, 9.17) is 15.1 Å². The summed E-state index contributed by atoms with van der Waals surface area (Å²) < 4.78 is 0. The van der Waals surface area contributed by atoms with Crippen LogP contribution in [0.4, 0.5) is 11.8 Å². The number of hydrogen-bond acceptors (Lipinski definition) is 5. The Balaban J connectivity index is 1.64. The summed E-state index contributed by atoms with van der Waals surface area (Å²) in [6.07, 6.45) is 3.15. The highest BCUT2D eigenvalue weighted by Gasteiger charge is 2.33. The summed E-state index contributed by atoms with van der Waals surface area (Å²) in [6, 6.07) is 10.9. The average molecular weight is 352 g/mol. The monoisotopic (exact) mass is 352 g/mol. The van der Waals surface area contributed by atoms with Crippen molar-refractivity contribution in [2.45, 2.75) is 51.0 Å². The first kappa shape index (κ1) is 17.3. The van der Waals surface area contributed by atoms with E-state index < -0.39 is 0 Å². The van der Waals surface area contributed by atoms with Gasteiger partial charge in [-0.05, 0) is 30.4 Å². The zero-order chi connectivity index (χ0) is 18.1. The van der Waals surface area contributed by atoms with Crippen molar-refractivity contribution < 1.29 is 5.11 Å². The number of aromatic nitrogens is 2. The molecule has 2 N–H and O–H groups in total. The Kier molecular flexibility index (Phi) is 4.57. The van der Waals surface area contributed by atoms with Crippen molar-refractivity contribution in [2.24, 2.45) is 0 Å². The zero-order valence-electron chi connectivity index (χ0n) is 15.7. The molecule has 2 aromatic rings. The van der Waals surface area contributed by atoms with E-state index >= 15 is 0 Å². The Hall–Kier alpha value is -2.14. The highest BCUT2D eigenvalue weighted by atomic mass is 16.3. The second kappa shape index (κ2) is 6.88. The van der Waals surface area contributed by atoms with E-state index in [9.17, 15) is 0 Å². The molecular weight excluding hydrogens is 324 g/mol. The molecule has 1 aromatic heterocycles. The van der Waals surface area contributed by atoms with Crippen LogP contribution in [0.3, 0.4) is 0 Å². The summed E-state index contributed by atoms with van der Waals surface area (Å²) >= 11 is 0. The van der Waals surface area contributed by atoms with Crippen LogP contribution >= 0.6 is 0 Å². The molecule has 0 unspecified atom stereocenters. The number of aliphatic hydroxyl groups excluding tert-OH is 1. The summed E-state index contributed by atoms with van der Waals surface area (Å²) in [4.78, 5) is 11.9. The minimum atomic E-state index is 0.0873. The van der Waals surface area contributed by atoms with Gasteiger partial charge in [-0.15, -0.1) is 0 Å². The van der Waals surface area contributed by atoms with Gasteiger partial charge < -0.3 is 15.3 Å². The lowest BCUT2D eigenvalue weighted by molar-refractivity contribution is 0.292. The Labute approximate surface area is 155 Å². The molecule has 1 aromatic carbocycles. The molecule has 2 aliphatic rings. The van der Waals surface area contributed by atoms with Crippen molar-refractivity contribution in [1.29, 1.82) is 0 Å². The van der Waals surface area contributed by atoms with E-state index in [0.29, 0.717) is 24.8 Å². The molecule has 0 radical (unpaired) electrons. The van der Waals surface area contributed by atoms with E-state index in [1.54, 1.807) is 0 Å². The van der Waals surface area contributed by atoms with Gasteiger partial charge in [0.05, 0.1) is 5.69 Å². The van der Waals surface area contributed by atoms with Crippen molar-refractivity contribution in [2.75, 3.05) is 29.9 Å². The fraction of sp³-hybridized carbons (Fsp3) is 0.524. The molecule has 2 heterocycles. The van der Waals surface area contributed by atoms with Crippen LogP contribution in [0.25, 0.3) is 0 Å². The molecule has 5 nitrogen and oxygen atoms in total. The molecule has 5 heteroatoms. The van der Waals surface area contributed by atoms with Gasteiger partial charge in [-0.3, -0.25) is 0 Å². The van der Waals surface area contributed by atoms with Crippen molar-refractivity contribution in [3.8, 4) is 0 Å². The third-order valence-corrected chi connectivity index (χ3v) is 5.36. The molecule has 1 aliphatic heterocycles. The van der Waals surface area contributed by atoms with Gasteiger partial charge in [0, 0.05) is 43.6 Å². The fourth-order valence-electron chi connectivity index (χ4n) is 3.87. The minimum absolute atomic E-state index is 0.0873. The fourth-order valence-corrected chi connectivity index (χ4v) is 3.87. The molecule has 138 valence electrons. The van der Waals surface area contributed by atoms with E-state index in [1.165, 1.54) is 24.0 Å². The van der Waals surface area contributed by atoms with Crippen LogP contribution in [0.5, 0.6) is 0 Å². The van der Waals surface area contributed by atoms with Crippen LogP contribution in [0.15, 0.2) is 30.3 Å². The molecule has 0 bridgehead atoms. The number of rotatable bonds is 6. The lowest BCUT2D eigenvalue weighted by Gasteiger charge is -2.40. The summed E-state index contributed by atoms with van der Waals surface area (Å²) in [7, 11) is 0. The summed E-state index contributed by atoms with van der Waals surface area (Å²) in [6.45, 7) is 7.32. The highest BCUT2D eigenvalue weighted by molar-refractivity contribution is 5.51. The number of nitrogens with one attached hydrogen (secondary N) is 1. The molecule has 1 fully saturated rings. The molecule has 4 rings (SSSR count). The first-order valence-corrected chi connectivity index (χ1v) is 9.64. The second-order valence-electron chi connectivity index (χ2n) is 8.15. The Bertz CT molecular complexity index is 785. The number of nitrogens with zero attached hydrogens (tertiary/aromatic N) is 3. The van der Waals surface area contributed by atoms with Crippen LogP contribution in [-0.2, 0) is 12.0 Å². The number of hydrogen-bond donors (Lipinski definition) is 2. The van der Waals surface area contributed by atoms with E-state index in [2.05, 4.69) is 54.4 Å².